The number of amides is 1. The lowest BCUT2D eigenvalue weighted by Gasteiger charge is -2.19. The van der Waals surface area contributed by atoms with Gasteiger partial charge in [0.1, 0.15) is 6.04 Å². The van der Waals surface area contributed by atoms with Crippen molar-refractivity contribution in [3.63, 3.8) is 0 Å². The van der Waals surface area contributed by atoms with E-state index in [4.69, 9.17) is 5.21 Å². The first-order valence-electron chi connectivity index (χ1n) is 7.61. The Bertz CT molecular complexity index is 716. The van der Waals surface area contributed by atoms with Gasteiger partial charge >= 0.3 is 0 Å². The van der Waals surface area contributed by atoms with Crippen LogP contribution in [0.2, 0.25) is 0 Å². The Hall–Kier alpha value is -2.65. The Balaban J connectivity index is 0.00000312. The number of benzene rings is 2. The summed E-state index contributed by atoms with van der Waals surface area (Å²) in [7, 11) is 0. The lowest BCUT2D eigenvalue weighted by Crippen LogP contribution is -2.49. The lowest BCUT2D eigenvalue weighted by atomic mass is 10.1. The van der Waals surface area contributed by atoms with Gasteiger partial charge in [0.2, 0.25) is 0 Å². The minimum absolute atomic E-state index is 0. The van der Waals surface area contributed by atoms with Gasteiger partial charge in [0, 0.05) is 17.7 Å². The van der Waals surface area contributed by atoms with Crippen LogP contribution in [0.3, 0.4) is 0 Å². The zero-order valence-corrected chi connectivity index (χ0v) is 13.4. The van der Waals surface area contributed by atoms with Gasteiger partial charge in [0.25, 0.3) is 5.91 Å². The number of hydrogen-bond donors (Lipinski definition) is 4. The molecule has 2 aromatic carbocycles. The van der Waals surface area contributed by atoms with Gasteiger partial charge in [-0.2, -0.15) is 0 Å². The first-order valence-corrected chi connectivity index (χ1v) is 7.61. The molecule has 0 aromatic heterocycles. The van der Waals surface area contributed by atoms with E-state index in [9.17, 15) is 9.90 Å². The van der Waals surface area contributed by atoms with E-state index in [1.165, 1.54) is 6.92 Å². The standard InChI is InChI=1S/C19H20N2O3.CH4/c1-14(22)18(19(23)21-24)20-13-17-11-9-16(10-12-17)8-7-15-5-3-2-4-6-15;/h2-6,9-12,14,18,20,22,24H,13H2,1H3,(H,21,23);1H4/t14-,18+;/m1./s1. The molecule has 5 nitrogen and oxygen atoms in total. The molecule has 0 saturated heterocycles. The van der Waals surface area contributed by atoms with E-state index in [-0.39, 0.29) is 7.43 Å². The molecular formula is C20H24N2O3. The summed E-state index contributed by atoms with van der Waals surface area (Å²) < 4.78 is 0. The third-order valence-corrected chi connectivity index (χ3v) is 3.48. The van der Waals surface area contributed by atoms with Crippen molar-refractivity contribution < 1.29 is 15.1 Å². The Labute approximate surface area is 148 Å². The number of nitrogens with one attached hydrogen (secondary N) is 2. The summed E-state index contributed by atoms with van der Waals surface area (Å²) in [4.78, 5) is 11.4. The number of carbonyl (C=O) groups is 1. The molecule has 5 heteroatoms. The zero-order valence-electron chi connectivity index (χ0n) is 13.4. The highest BCUT2D eigenvalue weighted by Crippen LogP contribution is 2.05. The van der Waals surface area contributed by atoms with Crippen LogP contribution in [0.25, 0.3) is 0 Å². The maximum atomic E-state index is 11.4. The second kappa shape index (κ2) is 10.3. The molecule has 132 valence electrons. The quantitative estimate of drug-likeness (QED) is 0.382. The minimum Gasteiger partial charge on any atom is -0.391 e. The van der Waals surface area contributed by atoms with Crippen LogP contribution >= 0.6 is 0 Å². The molecular weight excluding hydrogens is 316 g/mol. The van der Waals surface area contributed by atoms with E-state index >= 15 is 0 Å². The number of aliphatic hydroxyl groups is 1. The molecule has 0 spiro atoms. The fourth-order valence-corrected chi connectivity index (χ4v) is 2.15. The molecule has 2 aromatic rings. The van der Waals surface area contributed by atoms with Gasteiger partial charge in [-0.25, -0.2) is 5.48 Å². The van der Waals surface area contributed by atoms with Gasteiger partial charge < -0.3 is 5.11 Å². The molecule has 2 rings (SSSR count). The SMILES string of the molecule is C.C[C@@H](O)[C@H](NCc1ccc(C#Cc2ccccc2)cc1)C(=O)NO. The van der Waals surface area contributed by atoms with E-state index in [1.807, 2.05) is 54.6 Å². The molecule has 1 amide bonds. The number of rotatable bonds is 5. The maximum absolute atomic E-state index is 11.4. The van der Waals surface area contributed by atoms with Gasteiger partial charge in [-0.05, 0) is 36.8 Å². The average Bonchev–Trinajstić information content (AvgIpc) is 2.61. The Morgan fingerprint density at radius 1 is 1.04 bits per heavy atom. The van der Waals surface area contributed by atoms with Crippen molar-refractivity contribution in [3.05, 3.63) is 71.3 Å². The number of carbonyl (C=O) groups excluding carboxylic acids is 1. The summed E-state index contributed by atoms with van der Waals surface area (Å²) in [5.41, 5.74) is 4.33. The minimum atomic E-state index is -0.923. The van der Waals surface area contributed by atoms with Crippen LogP contribution in [-0.4, -0.2) is 28.4 Å². The maximum Gasteiger partial charge on any atom is 0.263 e. The normalized spacial score (nSPS) is 12.1. The van der Waals surface area contributed by atoms with Gasteiger partial charge in [-0.3, -0.25) is 15.3 Å². The van der Waals surface area contributed by atoms with Crippen LogP contribution in [0.15, 0.2) is 54.6 Å². The molecule has 0 aliphatic carbocycles. The summed E-state index contributed by atoms with van der Waals surface area (Å²) >= 11 is 0. The smallest absolute Gasteiger partial charge is 0.263 e. The molecule has 0 saturated carbocycles. The van der Waals surface area contributed by atoms with E-state index in [2.05, 4.69) is 17.2 Å². The van der Waals surface area contributed by atoms with Gasteiger partial charge in [-0.15, -0.1) is 0 Å². The Kier molecular flexibility index (Phi) is 8.37. The molecule has 0 radical (unpaired) electrons. The molecule has 0 aliphatic heterocycles. The molecule has 0 bridgehead atoms. The van der Waals surface area contributed by atoms with Gasteiger partial charge in [0.05, 0.1) is 6.10 Å². The van der Waals surface area contributed by atoms with Crippen LogP contribution in [0, 0.1) is 11.8 Å². The zero-order chi connectivity index (χ0) is 17.4. The number of hydrogen-bond acceptors (Lipinski definition) is 4. The van der Waals surface area contributed by atoms with Crippen LogP contribution in [0.4, 0.5) is 0 Å². The van der Waals surface area contributed by atoms with Crippen LogP contribution in [0.5, 0.6) is 0 Å². The highest BCUT2D eigenvalue weighted by atomic mass is 16.5. The molecule has 0 heterocycles. The van der Waals surface area contributed by atoms with E-state index < -0.39 is 18.1 Å². The highest BCUT2D eigenvalue weighted by Gasteiger charge is 2.22. The molecule has 2 atom stereocenters. The molecule has 0 unspecified atom stereocenters. The topological polar surface area (TPSA) is 81.6 Å². The fraction of sp³-hybridized carbons (Fsp3) is 0.250. The Morgan fingerprint density at radius 3 is 2.12 bits per heavy atom. The predicted octanol–water partition coefficient (Wildman–Crippen LogP) is 2.07. The summed E-state index contributed by atoms with van der Waals surface area (Å²) in [6, 6.07) is 16.5. The van der Waals surface area contributed by atoms with Gasteiger partial charge in [0.15, 0.2) is 0 Å². The highest BCUT2D eigenvalue weighted by molar-refractivity contribution is 5.81. The third kappa shape index (κ3) is 6.40. The van der Waals surface area contributed by atoms with Crippen LogP contribution in [0.1, 0.15) is 31.0 Å². The lowest BCUT2D eigenvalue weighted by molar-refractivity contribution is -0.134. The summed E-state index contributed by atoms with van der Waals surface area (Å²) in [5.74, 6) is 5.51. The average molecular weight is 340 g/mol. The van der Waals surface area contributed by atoms with E-state index in [0.717, 1.165) is 16.7 Å². The van der Waals surface area contributed by atoms with Crippen molar-refractivity contribution in [2.24, 2.45) is 0 Å². The first kappa shape index (κ1) is 20.4. The van der Waals surface area contributed by atoms with Crippen molar-refractivity contribution in [1.82, 2.24) is 10.8 Å². The summed E-state index contributed by atoms with van der Waals surface area (Å²) in [6.45, 7) is 1.87. The number of aliphatic hydroxyl groups excluding tert-OH is 1. The largest absolute Gasteiger partial charge is 0.391 e. The van der Waals surface area contributed by atoms with E-state index in [0.29, 0.717) is 6.54 Å². The molecule has 4 N–H and O–H groups in total. The predicted molar refractivity (Wildman–Crippen MR) is 97.8 cm³/mol. The van der Waals surface area contributed by atoms with Crippen molar-refractivity contribution >= 4 is 5.91 Å². The van der Waals surface area contributed by atoms with E-state index in [1.54, 1.807) is 5.48 Å². The second-order valence-electron chi connectivity index (χ2n) is 5.39. The fourth-order valence-electron chi connectivity index (χ4n) is 2.15. The molecule has 25 heavy (non-hydrogen) atoms. The molecule has 0 fully saturated rings. The summed E-state index contributed by atoms with van der Waals surface area (Å²) in [6.07, 6.45) is -0.923. The number of hydroxylamine groups is 1. The van der Waals surface area contributed by atoms with Crippen molar-refractivity contribution in [1.29, 1.82) is 0 Å². The summed E-state index contributed by atoms with van der Waals surface area (Å²) in [5, 5.41) is 21.1. The third-order valence-electron chi connectivity index (χ3n) is 3.48. The van der Waals surface area contributed by atoms with Gasteiger partial charge in [-0.1, -0.05) is 49.6 Å². The Morgan fingerprint density at radius 2 is 1.60 bits per heavy atom. The van der Waals surface area contributed by atoms with Crippen LogP contribution < -0.4 is 10.8 Å². The molecule has 0 aliphatic rings. The first-order chi connectivity index (χ1) is 11.6. The van der Waals surface area contributed by atoms with Crippen molar-refractivity contribution in [3.8, 4) is 11.8 Å². The van der Waals surface area contributed by atoms with Crippen LogP contribution in [-0.2, 0) is 11.3 Å². The van der Waals surface area contributed by atoms with Crippen molar-refractivity contribution in [2.75, 3.05) is 0 Å². The second-order valence-corrected chi connectivity index (χ2v) is 5.39. The van der Waals surface area contributed by atoms with Crippen molar-refractivity contribution in [2.45, 2.75) is 33.0 Å². The monoisotopic (exact) mass is 340 g/mol.